The molecule has 1 amide bonds. The van der Waals surface area contributed by atoms with Crippen LogP contribution in [0.5, 0.6) is 0 Å². The molecule has 1 N–H and O–H groups in total. The summed E-state index contributed by atoms with van der Waals surface area (Å²) in [5, 5.41) is 3.97. The molecule has 0 bridgehead atoms. The van der Waals surface area contributed by atoms with E-state index >= 15 is 0 Å². The lowest BCUT2D eigenvalue weighted by atomic mass is 10.1. The van der Waals surface area contributed by atoms with Gasteiger partial charge in [0.25, 0.3) is 0 Å². The van der Waals surface area contributed by atoms with Gasteiger partial charge in [-0.15, -0.1) is 0 Å². The molecule has 2 aromatic rings. The van der Waals surface area contributed by atoms with Crippen molar-refractivity contribution in [3.8, 4) is 0 Å². The van der Waals surface area contributed by atoms with Crippen molar-refractivity contribution in [2.24, 2.45) is 7.05 Å². The number of hydrogen-bond acceptors (Lipinski definition) is 4. The Hall–Kier alpha value is -2.40. The molecule has 0 unspecified atom stereocenters. The molecule has 11 heteroatoms. The Kier molecular flexibility index (Phi) is 5.72. The molecular weight excluding hydrogens is 421 g/mol. The van der Waals surface area contributed by atoms with Crippen molar-refractivity contribution in [2.45, 2.75) is 50.7 Å². The molecule has 2 heterocycles. The molecular formula is C19H23F3N4O3S. The summed E-state index contributed by atoms with van der Waals surface area (Å²) < 4.78 is 70.4. The van der Waals surface area contributed by atoms with E-state index in [0.717, 1.165) is 0 Å². The van der Waals surface area contributed by atoms with Gasteiger partial charge in [-0.3, -0.25) is 9.48 Å². The summed E-state index contributed by atoms with van der Waals surface area (Å²) in [4.78, 5) is 13.2. The van der Waals surface area contributed by atoms with Crippen molar-refractivity contribution >= 4 is 21.6 Å². The van der Waals surface area contributed by atoms with Crippen LogP contribution in [-0.2, 0) is 21.9 Å². The minimum absolute atomic E-state index is 0.0669. The second-order valence-corrected chi connectivity index (χ2v) is 9.09. The third-order valence-corrected chi connectivity index (χ3v) is 6.87. The Morgan fingerprint density at radius 2 is 1.87 bits per heavy atom. The maximum absolute atomic E-state index is 13.8. The van der Waals surface area contributed by atoms with Crippen LogP contribution in [0.2, 0.25) is 0 Å². The van der Waals surface area contributed by atoms with E-state index in [1.165, 1.54) is 55.6 Å². The maximum atomic E-state index is 13.8. The predicted molar refractivity (Wildman–Crippen MR) is 105 cm³/mol. The average molecular weight is 444 g/mol. The number of nitrogens with one attached hydrogen (secondary N) is 1. The second-order valence-electron chi connectivity index (χ2n) is 7.40. The van der Waals surface area contributed by atoms with Crippen LogP contribution in [0.4, 0.5) is 18.9 Å². The van der Waals surface area contributed by atoms with E-state index in [2.05, 4.69) is 5.10 Å². The van der Waals surface area contributed by atoms with E-state index in [1.54, 1.807) is 0 Å². The number of carbonyl (C=O) groups excluding carboxylic acids is 1. The number of sulfonamides is 1. The lowest BCUT2D eigenvalue weighted by Gasteiger charge is -2.23. The SMILES string of the molecule is Cc1cc(N2CCCC2=O)ccc1S(=O)(=O)N[C@@H](c1c(C)nn(C)c1C)C(F)(F)F. The van der Waals surface area contributed by atoms with E-state index in [1.807, 2.05) is 4.72 Å². The lowest BCUT2D eigenvalue weighted by molar-refractivity contribution is -0.153. The Balaban J connectivity index is 1.98. The largest absolute Gasteiger partial charge is 0.409 e. The van der Waals surface area contributed by atoms with Crippen molar-refractivity contribution in [2.75, 3.05) is 11.4 Å². The number of nitrogens with zero attached hydrogens (tertiary/aromatic N) is 3. The highest BCUT2D eigenvalue weighted by Crippen LogP contribution is 2.37. The van der Waals surface area contributed by atoms with Gasteiger partial charge in [-0.1, -0.05) is 0 Å². The molecule has 1 aliphatic rings. The molecule has 30 heavy (non-hydrogen) atoms. The molecule has 3 rings (SSSR count). The highest BCUT2D eigenvalue weighted by atomic mass is 32.2. The van der Waals surface area contributed by atoms with Crippen LogP contribution >= 0.6 is 0 Å². The van der Waals surface area contributed by atoms with E-state index in [-0.39, 0.29) is 33.3 Å². The standard InChI is InChI=1S/C19H23F3N4O3S/c1-11-10-14(26-9-5-6-16(26)27)7-8-15(11)30(28,29)24-18(19(20,21)22)17-12(2)23-25(4)13(17)3/h7-8,10,18,24H,5-6,9H2,1-4H3/t18-/m0/s1. The van der Waals surface area contributed by atoms with Crippen LogP contribution in [0, 0.1) is 20.8 Å². The Morgan fingerprint density at radius 1 is 1.20 bits per heavy atom. The van der Waals surface area contributed by atoms with Crippen LogP contribution in [0.15, 0.2) is 23.1 Å². The molecule has 0 aliphatic carbocycles. The molecule has 164 valence electrons. The zero-order valence-corrected chi connectivity index (χ0v) is 17.9. The molecule has 1 aliphatic heterocycles. The maximum Gasteiger partial charge on any atom is 0.409 e. The Labute approximate surface area is 172 Å². The van der Waals surface area contributed by atoms with Crippen LogP contribution < -0.4 is 9.62 Å². The number of benzene rings is 1. The zero-order chi connectivity index (χ0) is 22.4. The fourth-order valence-electron chi connectivity index (χ4n) is 3.74. The summed E-state index contributed by atoms with van der Waals surface area (Å²) in [7, 11) is -3.01. The first-order chi connectivity index (χ1) is 13.8. The third-order valence-electron chi connectivity index (χ3n) is 5.29. The third kappa shape index (κ3) is 4.08. The molecule has 7 nitrogen and oxygen atoms in total. The summed E-state index contributed by atoms with van der Waals surface area (Å²) in [5.41, 5.74) is 0.878. The zero-order valence-electron chi connectivity index (χ0n) is 17.0. The number of aryl methyl sites for hydroxylation is 3. The van der Waals surface area contributed by atoms with Gasteiger partial charge in [0.15, 0.2) is 0 Å². The van der Waals surface area contributed by atoms with Crippen molar-refractivity contribution in [1.82, 2.24) is 14.5 Å². The molecule has 1 aromatic carbocycles. The molecule has 1 fully saturated rings. The smallest absolute Gasteiger partial charge is 0.312 e. The highest BCUT2D eigenvalue weighted by Gasteiger charge is 2.46. The average Bonchev–Trinajstić information content (AvgIpc) is 3.15. The van der Waals surface area contributed by atoms with Gasteiger partial charge >= 0.3 is 6.18 Å². The van der Waals surface area contributed by atoms with Crippen LogP contribution in [-0.4, -0.2) is 36.8 Å². The van der Waals surface area contributed by atoms with Crippen LogP contribution in [0.3, 0.4) is 0 Å². The molecule has 1 saturated heterocycles. The van der Waals surface area contributed by atoms with Gasteiger partial charge in [-0.05, 0) is 51.0 Å². The number of alkyl halides is 3. The van der Waals surface area contributed by atoms with Gasteiger partial charge in [-0.25, -0.2) is 8.42 Å². The van der Waals surface area contributed by atoms with E-state index in [0.29, 0.717) is 25.1 Å². The molecule has 0 radical (unpaired) electrons. The predicted octanol–water partition coefficient (Wildman–Crippen LogP) is 3.05. The quantitative estimate of drug-likeness (QED) is 0.768. The number of rotatable bonds is 5. The monoisotopic (exact) mass is 444 g/mol. The Bertz CT molecular complexity index is 1090. The minimum Gasteiger partial charge on any atom is -0.312 e. The number of hydrogen-bond donors (Lipinski definition) is 1. The highest BCUT2D eigenvalue weighted by molar-refractivity contribution is 7.89. The number of aromatic nitrogens is 2. The second kappa shape index (κ2) is 7.69. The molecule has 1 aromatic heterocycles. The van der Waals surface area contributed by atoms with E-state index < -0.39 is 22.2 Å². The van der Waals surface area contributed by atoms with Crippen molar-refractivity contribution < 1.29 is 26.4 Å². The van der Waals surface area contributed by atoms with E-state index in [9.17, 15) is 26.4 Å². The van der Waals surface area contributed by atoms with Gasteiger partial charge < -0.3 is 4.90 Å². The minimum atomic E-state index is -4.86. The summed E-state index contributed by atoms with van der Waals surface area (Å²) in [6, 6.07) is 1.74. The van der Waals surface area contributed by atoms with Gasteiger partial charge in [0.2, 0.25) is 15.9 Å². The van der Waals surface area contributed by atoms with Gasteiger partial charge in [0.05, 0.1) is 10.6 Å². The number of halogens is 3. The number of carbonyl (C=O) groups is 1. The van der Waals surface area contributed by atoms with Crippen molar-refractivity contribution in [1.29, 1.82) is 0 Å². The van der Waals surface area contributed by atoms with Crippen LogP contribution in [0.1, 0.15) is 41.4 Å². The topological polar surface area (TPSA) is 84.3 Å². The van der Waals surface area contributed by atoms with Crippen molar-refractivity contribution in [3.05, 3.63) is 40.7 Å². The first-order valence-corrected chi connectivity index (χ1v) is 10.8. The van der Waals surface area contributed by atoms with Crippen LogP contribution in [0.25, 0.3) is 0 Å². The number of anilines is 1. The molecule has 0 spiro atoms. The first kappa shape index (κ1) is 22.3. The van der Waals surface area contributed by atoms with E-state index in [4.69, 9.17) is 0 Å². The fourth-order valence-corrected chi connectivity index (χ4v) is 5.16. The van der Waals surface area contributed by atoms with Gasteiger partial charge in [0.1, 0.15) is 6.04 Å². The lowest BCUT2D eigenvalue weighted by Crippen LogP contribution is -2.39. The normalized spacial score (nSPS) is 16.4. The van der Waals surface area contributed by atoms with Crippen molar-refractivity contribution in [3.63, 3.8) is 0 Å². The summed E-state index contributed by atoms with van der Waals surface area (Å²) >= 11 is 0. The molecule has 0 saturated carbocycles. The summed E-state index contributed by atoms with van der Waals surface area (Å²) in [6.07, 6.45) is -3.74. The summed E-state index contributed by atoms with van der Waals surface area (Å²) in [6.45, 7) is 4.87. The summed E-state index contributed by atoms with van der Waals surface area (Å²) in [5.74, 6) is -0.0669. The van der Waals surface area contributed by atoms with Gasteiger partial charge in [0, 0.05) is 37.0 Å². The van der Waals surface area contributed by atoms with Gasteiger partial charge in [-0.2, -0.15) is 23.0 Å². The fraction of sp³-hybridized carbons (Fsp3) is 0.474. The Morgan fingerprint density at radius 3 is 2.33 bits per heavy atom. The first-order valence-electron chi connectivity index (χ1n) is 9.33. The number of amides is 1. The molecule has 1 atom stereocenters.